The number of aliphatic hydroxyl groups is 1. The molecule has 0 aromatic carbocycles. The second-order valence-electron chi connectivity index (χ2n) is 5.45. The van der Waals surface area contributed by atoms with E-state index in [0.29, 0.717) is 12.3 Å². The van der Waals surface area contributed by atoms with E-state index in [4.69, 9.17) is 0 Å². The Balaban J connectivity index is 2.50. The van der Waals surface area contributed by atoms with Crippen LogP contribution in [0.1, 0.15) is 46.0 Å². The molecule has 1 saturated carbocycles. The van der Waals surface area contributed by atoms with Crippen LogP contribution in [0.4, 0.5) is 0 Å². The zero-order valence-electron chi connectivity index (χ0n) is 10.9. The van der Waals surface area contributed by atoms with Gasteiger partial charge in [0.25, 0.3) is 0 Å². The van der Waals surface area contributed by atoms with Gasteiger partial charge in [0.2, 0.25) is 10.0 Å². The Labute approximate surface area is 105 Å². The monoisotopic (exact) mass is 263 g/mol. The largest absolute Gasteiger partial charge is 0.396 e. The van der Waals surface area contributed by atoms with Crippen molar-refractivity contribution in [3.63, 3.8) is 0 Å². The fourth-order valence-electron chi connectivity index (χ4n) is 2.26. The fraction of sp³-hybridized carbons (Fsp3) is 1.00. The quantitative estimate of drug-likeness (QED) is 0.763. The summed E-state index contributed by atoms with van der Waals surface area (Å²) in [5.74, 6) is 0.684. The van der Waals surface area contributed by atoms with Crippen LogP contribution in [0.2, 0.25) is 0 Å². The maximum absolute atomic E-state index is 11.9. The van der Waals surface area contributed by atoms with Crippen molar-refractivity contribution >= 4 is 10.0 Å². The first kappa shape index (κ1) is 14.9. The van der Waals surface area contributed by atoms with E-state index in [1.54, 1.807) is 0 Å². The highest BCUT2D eigenvalue weighted by Gasteiger charge is 2.28. The Morgan fingerprint density at radius 3 is 2.53 bits per heavy atom. The van der Waals surface area contributed by atoms with Gasteiger partial charge in [0.1, 0.15) is 0 Å². The van der Waals surface area contributed by atoms with Gasteiger partial charge in [-0.15, -0.1) is 0 Å². The molecule has 1 aliphatic rings. The average Bonchev–Trinajstić information content (AvgIpc) is 2.27. The van der Waals surface area contributed by atoms with Crippen LogP contribution in [-0.4, -0.2) is 31.9 Å². The molecule has 0 saturated heterocycles. The summed E-state index contributed by atoms with van der Waals surface area (Å²) in [4.78, 5) is 0. The van der Waals surface area contributed by atoms with E-state index < -0.39 is 10.0 Å². The van der Waals surface area contributed by atoms with E-state index in [1.807, 2.05) is 13.8 Å². The summed E-state index contributed by atoms with van der Waals surface area (Å²) in [6.45, 7) is 4.12. The lowest BCUT2D eigenvalue weighted by atomic mass is 9.86. The highest BCUT2D eigenvalue weighted by molar-refractivity contribution is 7.89. The van der Waals surface area contributed by atoms with Crippen LogP contribution >= 0.6 is 0 Å². The van der Waals surface area contributed by atoms with Gasteiger partial charge in [-0.3, -0.25) is 0 Å². The first-order valence-electron chi connectivity index (χ1n) is 6.55. The normalized spacial score (nSPS) is 26.4. The number of aliphatic hydroxyl groups excluding tert-OH is 1. The highest BCUT2D eigenvalue weighted by atomic mass is 32.2. The Morgan fingerprint density at radius 2 is 1.94 bits per heavy atom. The van der Waals surface area contributed by atoms with Gasteiger partial charge in [-0.2, -0.15) is 0 Å². The molecule has 0 amide bonds. The summed E-state index contributed by atoms with van der Waals surface area (Å²) >= 11 is 0. The molecule has 17 heavy (non-hydrogen) atoms. The summed E-state index contributed by atoms with van der Waals surface area (Å²) in [5, 5.41) is 9.24. The van der Waals surface area contributed by atoms with Crippen molar-refractivity contribution in [1.82, 2.24) is 4.72 Å². The van der Waals surface area contributed by atoms with Gasteiger partial charge < -0.3 is 5.11 Å². The first-order valence-corrected chi connectivity index (χ1v) is 8.20. The molecule has 2 atom stereocenters. The van der Waals surface area contributed by atoms with Crippen molar-refractivity contribution in [2.24, 2.45) is 11.8 Å². The van der Waals surface area contributed by atoms with Gasteiger partial charge in [0.05, 0.1) is 5.75 Å². The molecular formula is C12H25NO3S. The molecule has 102 valence electrons. The maximum Gasteiger partial charge on any atom is 0.211 e. The lowest BCUT2D eigenvalue weighted by Crippen LogP contribution is -2.44. The average molecular weight is 263 g/mol. The van der Waals surface area contributed by atoms with Gasteiger partial charge in [0, 0.05) is 12.6 Å². The first-order chi connectivity index (χ1) is 7.94. The number of hydrogen-bond donors (Lipinski definition) is 2. The van der Waals surface area contributed by atoms with E-state index in [-0.39, 0.29) is 24.3 Å². The predicted octanol–water partition coefficient (Wildman–Crippen LogP) is 1.50. The fourth-order valence-corrected chi connectivity index (χ4v) is 3.93. The molecule has 0 heterocycles. The number of hydrogen-bond acceptors (Lipinski definition) is 3. The van der Waals surface area contributed by atoms with Gasteiger partial charge in [0.15, 0.2) is 0 Å². The van der Waals surface area contributed by atoms with Gasteiger partial charge in [-0.1, -0.05) is 26.7 Å². The van der Waals surface area contributed by atoms with Gasteiger partial charge in [-0.25, -0.2) is 13.1 Å². The van der Waals surface area contributed by atoms with Crippen LogP contribution in [0.25, 0.3) is 0 Å². The summed E-state index contributed by atoms with van der Waals surface area (Å²) < 4.78 is 26.5. The van der Waals surface area contributed by atoms with Gasteiger partial charge >= 0.3 is 0 Å². The number of sulfonamides is 1. The third-order valence-electron chi connectivity index (χ3n) is 3.44. The summed E-state index contributed by atoms with van der Waals surface area (Å²) in [7, 11) is -3.18. The van der Waals surface area contributed by atoms with Crippen molar-refractivity contribution < 1.29 is 13.5 Å². The molecular weight excluding hydrogens is 238 g/mol. The lowest BCUT2D eigenvalue weighted by molar-refractivity contribution is 0.164. The van der Waals surface area contributed by atoms with Crippen LogP contribution in [0, 0.1) is 11.8 Å². The molecule has 0 radical (unpaired) electrons. The van der Waals surface area contributed by atoms with E-state index >= 15 is 0 Å². The third kappa shape index (κ3) is 5.36. The standard InChI is InChI=1S/C12H25NO3S/c1-10(2)7-8-17(15,16)13-12-6-4-3-5-11(12)9-14/h10-14H,3-9H2,1-2H3. The minimum Gasteiger partial charge on any atom is -0.396 e. The maximum atomic E-state index is 11.9. The zero-order chi connectivity index (χ0) is 12.9. The summed E-state index contributed by atoms with van der Waals surface area (Å²) in [5.41, 5.74) is 0. The van der Waals surface area contributed by atoms with E-state index in [2.05, 4.69) is 4.72 Å². The molecule has 0 aromatic rings. The van der Waals surface area contributed by atoms with E-state index in [0.717, 1.165) is 25.7 Å². The molecule has 2 N–H and O–H groups in total. The molecule has 0 bridgehead atoms. The summed E-state index contributed by atoms with van der Waals surface area (Å²) in [6, 6.07) is -0.0640. The number of nitrogens with one attached hydrogen (secondary N) is 1. The third-order valence-corrected chi connectivity index (χ3v) is 4.87. The Bertz CT molecular complexity index is 314. The second kappa shape index (κ2) is 6.71. The molecule has 0 aromatic heterocycles. The zero-order valence-corrected chi connectivity index (χ0v) is 11.7. The Morgan fingerprint density at radius 1 is 1.29 bits per heavy atom. The van der Waals surface area contributed by atoms with E-state index in [1.165, 1.54) is 0 Å². The molecule has 1 rings (SSSR count). The minimum absolute atomic E-state index is 0.0640. The van der Waals surface area contributed by atoms with E-state index in [9.17, 15) is 13.5 Å². The van der Waals surface area contributed by atoms with Crippen LogP contribution < -0.4 is 4.72 Å². The molecule has 4 nitrogen and oxygen atoms in total. The van der Waals surface area contributed by atoms with Gasteiger partial charge in [-0.05, 0) is 31.1 Å². The molecule has 1 aliphatic carbocycles. The molecule has 1 fully saturated rings. The Hall–Kier alpha value is -0.130. The number of rotatable bonds is 6. The molecule has 0 spiro atoms. The SMILES string of the molecule is CC(C)CCS(=O)(=O)NC1CCCCC1CO. The van der Waals surface area contributed by atoms with Crippen LogP contribution in [0.15, 0.2) is 0 Å². The minimum atomic E-state index is -3.18. The smallest absolute Gasteiger partial charge is 0.211 e. The van der Waals surface area contributed by atoms with Crippen LogP contribution in [0.5, 0.6) is 0 Å². The lowest BCUT2D eigenvalue weighted by Gasteiger charge is -2.30. The highest BCUT2D eigenvalue weighted by Crippen LogP contribution is 2.24. The molecule has 0 aliphatic heterocycles. The van der Waals surface area contributed by atoms with Crippen molar-refractivity contribution in [1.29, 1.82) is 0 Å². The van der Waals surface area contributed by atoms with Crippen molar-refractivity contribution in [3.8, 4) is 0 Å². The second-order valence-corrected chi connectivity index (χ2v) is 7.33. The topological polar surface area (TPSA) is 66.4 Å². The van der Waals surface area contributed by atoms with Crippen molar-refractivity contribution in [2.75, 3.05) is 12.4 Å². The summed E-state index contributed by atoms with van der Waals surface area (Å²) in [6.07, 6.45) is 4.61. The Kier molecular flexibility index (Phi) is 5.89. The molecule has 2 unspecified atom stereocenters. The molecule has 5 heteroatoms. The van der Waals surface area contributed by atoms with Crippen LogP contribution in [0.3, 0.4) is 0 Å². The van der Waals surface area contributed by atoms with Crippen molar-refractivity contribution in [2.45, 2.75) is 52.0 Å². The van der Waals surface area contributed by atoms with Crippen LogP contribution in [-0.2, 0) is 10.0 Å². The predicted molar refractivity (Wildman–Crippen MR) is 69.2 cm³/mol. The van der Waals surface area contributed by atoms with Crippen molar-refractivity contribution in [3.05, 3.63) is 0 Å².